The molecule has 0 unspecified atom stereocenters. The minimum atomic E-state index is -0.391. The molecule has 2 aromatic carbocycles. The Balaban J connectivity index is 1.88. The van der Waals surface area contributed by atoms with Gasteiger partial charge in [0.05, 0.1) is 16.6 Å². The summed E-state index contributed by atoms with van der Waals surface area (Å²) < 4.78 is 0. The Bertz CT molecular complexity index is 690. The summed E-state index contributed by atoms with van der Waals surface area (Å²) in [5.74, 6) is 0. The third kappa shape index (κ3) is 4.40. The third-order valence-electron chi connectivity index (χ3n) is 3.44. The Kier molecular flexibility index (Phi) is 5.23. The summed E-state index contributed by atoms with van der Waals surface area (Å²) in [4.78, 5) is 12.4. The Hall–Kier alpha value is -2.71. The molecule has 0 amide bonds. The second-order valence-electron chi connectivity index (χ2n) is 5.22. The van der Waals surface area contributed by atoms with Crippen LogP contribution in [0.15, 0.2) is 48.5 Å². The number of nitro groups is 1. The minimum Gasteiger partial charge on any atom is -0.302 e. The number of benzene rings is 2. The topological polar surface area (TPSA) is 70.2 Å². The Morgan fingerprint density at radius 2 is 1.91 bits per heavy atom. The highest BCUT2D eigenvalue weighted by Gasteiger charge is 2.05. The predicted octanol–water partition coefficient (Wildman–Crippen LogP) is 3.14. The lowest BCUT2D eigenvalue weighted by Gasteiger charge is -2.16. The van der Waals surface area contributed by atoms with Crippen molar-refractivity contribution in [2.45, 2.75) is 13.0 Å². The van der Waals surface area contributed by atoms with E-state index in [0.717, 1.165) is 30.6 Å². The van der Waals surface area contributed by atoms with Gasteiger partial charge in [0.2, 0.25) is 0 Å². The van der Waals surface area contributed by atoms with Crippen molar-refractivity contribution in [2.75, 3.05) is 13.6 Å². The van der Waals surface area contributed by atoms with E-state index in [1.807, 2.05) is 25.2 Å². The molecule has 0 atom stereocenters. The second kappa shape index (κ2) is 7.34. The monoisotopic (exact) mass is 295 g/mol. The Morgan fingerprint density at radius 1 is 1.18 bits per heavy atom. The van der Waals surface area contributed by atoms with Crippen LogP contribution in [0.5, 0.6) is 0 Å². The number of hydrogen-bond acceptors (Lipinski definition) is 4. The van der Waals surface area contributed by atoms with Crippen molar-refractivity contribution < 1.29 is 4.92 Å². The van der Waals surface area contributed by atoms with Gasteiger partial charge in [-0.05, 0) is 36.7 Å². The van der Waals surface area contributed by atoms with Gasteiger partial charge in [0.25, 0.3) is 5.69 Å². The van der Waals surface area contributed by atoms with E-state index >= 15 is 0 Å². The lowest BCUT2D eigenvalue weighted by molar-refractivity contribution is -0.384. The molecule has 0 saturated carbocycles. The molecule has 22 heavy (non-hydrogen) atoms. The normalized spacial score (nSPS) is 10.4. The molecule has 0 bridgehead atoms. The fourth-order valence-electron chi connectivity index (χ4n) is 2.23. The van der Waals surface area contributed by atoms with Gasteiger partial charge in [0.15, 0.2) is 0 Å². The summed E-state index contributed by atoms with van der Waals surface area (Å²) in [6.45, 7) is 1.61. The maximum Gasteiger partial charge on any atom is 0.269 e. The van der Waals surface area contributed by atoms with Crippen LogP contribution in [-0.2, 0) is 13.0 Å². The fraction of sp³-hybridized carbons (Fsp3) is 0.235. The van der Waals surface area contributed by atoms with Gasteiger partial charge in [-0.15, -0.1) is 0 Å². The molecule has 0 aliphatic heterocycles. The molecule has 0 fully saturated rings. The Morgan fingerprint density at radius 3 is 2.55 bits per heavy atom. The molecule has 112 valence electrons. The van der Waals surface area contributed by atoms with Crippen molar-refractivity contribution in [3.8, 4) is 6.07 Å². The molecular weight excluding hydrogens is 278 g/mol. The first-order valence-corrected chi connectivity index (χ1v) is 6.99. The van der Waals surface area contributed by atoms with Gasteiger partial charge in [-0.3, -0.25) is 10.1 Å². The molecule has 0 heterocycles. The highest BCUT2D eigenvalue weighted by atomic mass is 16.6. The van der Waals surface area contributed by atoms with E-state index in [4.69, 9.17) is 5.26 Å². The van der Waals surface area contributed by atoms with Gasteiger partial charge in [0, 0.05) is 25.2 Å². The van der Waals surface area contributed by atoms with Crippen LogP contribution in [0.1, 0.15) is 16.7 Å². The van der Waals surface area contributed by atoms with Crippen molar-refractivity contribution >= 4 is 5.69 Å². The molecule has 2 rings (SSSR count). The standard InChI is InChI=1S/C17H17N3O2/c1-19(13-16-4-2-3-15(11-16)12-18)10-9-14-5-7-17(8-6-14)20(21)22/h2-8,11H,9-10,13H2,1H3. The molecule has 0 spiro atoms. The largest absolute Gasteiger partial charge is 0.302 e. The zero-order valence-corrected chi connectivity index (χ0v) is 12.4. The number of nitrogens with zero attached hydrogens (tertiary/aromatic N) is 3. The van der Waals surface area contributed by atoms with Crippen LogP contribution >= 0.6 is 0 Å². The van der Waals surface area contributed by atoms with E-state index in [9.17, 15) is 10.1 Å². The summed E-state index contributed by atoms with van der Waals surface area (Å²) >= 11 is 0. The zero-order valence-electron chi connectivity index (χ0n) is 12.4. The quantitative estimate of drug-likeness (QED) is 0.606. The van der Waals surface area contributed by atoms with Crippen LogP contribution in [0.3, 0.4) is 0 Å². The van der Waals surface area contributed by atoms with Crippen LogP contribution < -0.4 is 0 Å². The SMILES string of the molecule is CN(CCc1ccc([N+](=O)[O-])cc1)Cc1cccc(C#N)c1. The van der Waals surface area contributed by atoms with E-state index in [-0.39, 0.29) is 5.69 Å². The molecule has 5 heteroatoms. The molecule has 5 nitrogen and oxygen atoms in total. The molecular formula is C17H17N3O2. The molecule has 0 saturated heterocycles. The van der Waals surface area contributed by atoms with Crippen molar-refractivity contribution in [1.29, 1.82) is 5.26 Å². The highest BCUT2D eigenvalue weighted by Crippen LogP contribution is 2.13. The number of rotatable bonds is 6. The number of hydrogen-bond donors (Lipinski definition) is 0. The average Bonchev–Trinajstić information content (AvgIpc) is 2.53. The lowest BCUT2D eigenvalue weighted by atomic mass is 10.1. The number of nitriles is 1. The maximum atomic E-state index is 10.6. The van der Waals surface area contributed by atoms with Crippen molar-refractivity contribution in [1.82, 2.24) is 4.90 Å². The average molecular weight is 295 g/mol. The maximum absolute atomic E-state index is 10.6. The minimum absolute atomic E-state index is 0.116. The second-order valence-corrected chi connectivity index (χ2v) is 5.22. The van der Waals surface area contributed by atoms with Gasteiger partial charge >= 0.3 is 0 Å². The summed E-state index contributed by atoms with van der Waals surface area (Å²) in [5, 5.41) is 19.5. The van der Waals surface area contributed by atoms with E-state index in [2.05, 4.69) is 11.0 Å². The molecule has 0 aliphatic rings. The van der Waals surface area contributed by atoms with Crippen molar-refractivity contribution in [3.05, 3.63) is 75.3 Å². The summed E-state index contributed by atoms with van der Waals surface area (Å²) in [6.07, 6.45) is 0.826. The van der Waals surface area contributed by atoms with E-state index in [1.54, 1.807) is 18.2 Å². The predicted molar refractivity (Wildman–Crippen MR) is 84.3 cm³/mol. The van der Waals surface area contributed by atoms with Gasteiger partial charge < -0.3 is 4.90 Å². The van der Waals surface area contributed by atoms with Gasteiger partial charge in [-0.1, -0.05) is 24.3 Å². The van der Waals surface area contributed by atoms with E-state index < -0.39 is 4.92 Å². The van der Waals surface area contributed by atoms with Gasteiger partial charge in [-0.25, -0.2) is 0 Å². The molecule has 0 radical (unpaired) electrons. The molecule has 2 aromatic rings. The van der Waals surface area contributed by atoms with Crippen LogP contribution in [0.25, 0.3) is 0 Å². The van der Waals surface area contributed by atoms with Gasteiger partial charge in [-0.2, -0.15) is 5.26 Å². The summed E-state index contributed by atoms with van der Waals surface area (Å²) in [7, 11) is 2.02. The number of non-ortho nitro benzene ring substituents is 1. The third-order valence-corrected chi connectivity index (χ3v) is 3.44. The smallest absolute Gasteiger partial charge is 0.269 e. The van der Waals surface area contributed by atoms with E-state index in [0.29, 0.717) is 5.56 Å². The summed E-state index contributed by atoms with van der Waals surface area (Å²) in [6, 6.07) is 16.4. The van der Waals surface area contributed by atoms with Crippen LogP contribution in [0.2, 0.25) is 0 Å². The van der Waals surface area contributed by atoms with Gasteiger partial charge in [0.1, 0.15) is 0 Å². The van der Waals surface area contributed by atoms with Crippen LogP contribution in [-0.4, -0.2) is 23.4 Å². The van der Waals surface area contributed by atoms with E-state index in [1.165, 1.54) is 12.1 Å². The fourth-order valence-corrected chi connectivity index (χ4v) is 2.23. The number of likely N-dealkylation sites (N-methyl/N-ethyl adjacent to an activating group) is 1. The first-order chi connectivity index (χ1) is 10.6. The molecule has 0 aliphatic carbocycles. The first kappa shape index (κ1) is 15.7. The summed E-state index contributed by atoms with van der Waals surface area (Å²) in [5.41, 5.74) is 2.96. The zero-order chi connectivity index (χ0) is 15.9. The highest BCUT2D eigenvalue weighted by molar-refractivity contribution is 5.33. The van der Waals surface area contributed by atoms with Crippen molar-refractivity contribution in [3.63, 3.8) is 0 Å². The molecule has 0 N–H and O–H groups in total. The molecule has 0 aromatic heterocycles. The number of nitro benzene ring substituents is 1. The van der Waals surface area contributed by atoms with Crippen LogP contribution in [0, 0.1) is 21.4 Å². The Labute approximate surface area is 129 Å². The lowest BCUT2D eigenvalue weighted by Crippen LogP contribution is -2.20. The van der Waals surface area contributed by atoms with Crippen molar-refractivity contribution in [2.24, 2.45) is 0 Å². The van der Waals surface area contributed by atoms with Crippen LogP contribution in [0.4, 0.5) is 5.69 Å². The first-order valence-electron chi connectivity index (χ1n) is 6.99.